The molecular formula is C15H14Cl2FNO. The van der Waals surface area contributed by atoms with Crippen molar-refractivity contribution in [2.75, 3.05) is 6.54 Å². The Labute approximate surface area is 127 Å². The van der Waals surface area contributed by atoms with Crippen LogP contribution in [-0.4, -0.2) is 6.54 Å². The second-order valence-electron chi connectivity index (χ2n) is 4.29. The zero-order valence-corrected chi connectivity index (χ0v) is 12.2. The molecule has 5 heteroatoms. The third kappa shape index (κ3) is 3.63. The molecule has 0 aliphatic carbocycles. The molecule has 106 valence electrons. The lowest BCUT2D eigenvalue weighted by atomic mass is 10.1. The highest BCUT2D eigenvalue weighted by molar-refractivity contribution is 6.35. The van der Waals surface area contributed by atoms with E-state index >= 15 is 0 Å². The maximum atomic E-state index is 13.6. The lowest BCUT2D eigenvalue weighted by Crippen LogP contribution is -2.06. The van der Waals surface area contributed by atoms with Crippen LogP contribution < -0.4 is 10.5 Å². The number of hydrogen-bond donors (Lipinski definition) is 1. The van der Waals surface area contributed by atoms with E-state index < -0.39 is 0 Å². The van der Waals surface area contributed by atoms with Gasteiger partial charge in [-0.05, 0) is 36.7 Å². The van der Waals surface area contributed by atoms with Crippen molar-refractivity contribution < 1.29 is 9.13 Å². The van der Waals surface area contributed by atoms with E-state index in [1.807, 2.05) is 0 Å². The Morgan fingerprint density at radius 2 is 1.85 bits per heavy atom. The highest BCUT2D eigenvalue weighted by atomic mass is 35.5. The first-order valence-electron chi connectivity index (χ1n) is 6.16. The molecule has 2 aromatic rings. The van der Waals surface area contributed by atoms with Crippen LogP contribution in [0.2, 0.25) is 10.0 Å². The van der Waals surface area contributed by atoms with E-state index in [0.29, 0.717) is 34.3 Å². The average Bonchev–Trinajstić information content (AvgIpc) is 2.40. The Bertz CT molecular complexity index is 604. The summed E-state index contributed by atoms with van der Waals surface area (Å²) >= 11 is 12.1. The van der Waals surface area contributed by atoms with Gasteiger partial charge in [0.2, 0.25) is 0 Å². The predicted molar refractivity (Wildman–Crippen MR) is 80.0 cm³/mol. The van der Waals surface area contributed by atoms with Gasteiger partial charge in [-0.3, -0.25) is 0 Å². The number of nitrogens with two attached hydrogens (primary N) is 1. The van der Waals surface area contributed by atoms with E-state index in [2.05, 4.69) is 0 Å². The molecule has 0 amide bonds. The summed E-state index contributed by atoms with van der Waals surface area (Å²) in [6, 6.07) is 9.81. The fourth-order valence-electron chi connectivity index (χ4n) is 1.88. The maximum absolute atomic E-state index is 13.6. The minimum atomic E-state index is -0.307. The zero-order chi connectivity index (χ0) is 14.5. The quantitative estimate of drug-likeness (QED) is 0.897. The summed E-state index contributed by atoms with van der Waals surface area (Å²) in [7, 11) is 0. The Kier molecular flexibility index (Phi) is 5.24. The van der Waals surface area contributed by atoms with E-state index in [-0.39, 0.29) is 12.4 Å². The van der Waals surface area contributed by atoms with Gasteiger partial charge in [-0.15, -0.1) is 0 Å². The molecule has 0 aliphatic rings. The van der Waals surface area contributed by atoms with Crippen molar-refractivity contribution >= 4 is 23.2 Å². The summed E-state index contributed by atoms with van der Waals surface area (Å²) in [4.78, 5) is 0. The van der Waals surface area contributed by atoms with Gasteiger partial charge in [0.1, 0.15) is 18.2 Å². The molecule has 2 nitrogen and oxygen atoms in total. The van der Waals surface area contributed by atoms with E-state index in [0.717, 1.165) is 5.56 Å². The number of hydrogen-bond acceptors (Lipinski definition) is 2. The fraction of sp³-hybridized carbons (Fsp3) is 0.200. The van der Waals surface area contributed by atoms with E-state index in [4.69, 9.17) is 33.7 Å². The Morgan fingerprint density at radius 1 is 1.10 bits per heavy atom. The molecule has 0 bridgehead atoms. The third-order valence-corrected chi connectivity index (χ3v) is 3.33. The SMILES string of the molecule is NCCc1cc(Cl)cc(Cl)c1OCc1ccccc1F. The van der Waals surface area contributed by atoms with Crippen molar-refractivity contribution in [3.05, 3.63) is 63.4 Å². The number of halogens is 3. The first-order chi connectivity index (χ1) is 9.61. The van der Waals surface area contributed by atoms with Gasteiger partial charge in [-0.1, -0.05) is 41.4 Å². The van der Waals surface area contributed by atoms with E-state index in [1.165, 1.54) is 6.07 Å². The number of rotatable bonds is 5. The fourth-order valence-corrected chi connectivity index (χ4v) is 2.47. The Balaban J connectivity index is 2.22. The largest absolute Gasteiger partial charge is 0.487 e. The van der Waals surface area contributed by atoms with Gasteiger partial charge >= 0.3 is 0 Å². The maximum Gasteiger partial charge on any atom is 0.141 e. The van der Waals surface area contributed by atoms with Crippen molar-refractivity contribution in [3.63, 3.8) is 0 Å². The molecule has 0 spiro atoms. The van der Waals surface area contributed by atoms with Crippen molar-refractivity contribution in [2.24, 2.45) is 5.73 Å². The lowest BCUT2D eigenvalue weighted by Gasteiger charge is -2.14. The summed E-state index contributed by atoms with van der Waals surface area (Å²) in [6.07, 6.45) is 0.590. The molecule has 0 unspecified atom stereocenters. The van der Waals surface area contributed by atoms with Crippen molar-refractivity contribution in [1.29, 1.82) is 0 Å². The summed E-state index contributed by atoms with van der Waals surface area (Å²) in [5.41, 5.74) is 6.85. The van der Waals surface area contributed by atoms with Gasteiger partial charge in [0.25, 0.3) is 0 Å². The molecule has 0 saturated carbocycles. The van der Waals surface area contributed by atoms with Crippen LogP contribution in [0.5, 0.6) is 5.75 Å². The molecule has 0 aliphatic heterocycles. The minimum absolute atomic E-state index is 0.103. The summed E-state index contributed by atoms with van der Waals surface area (Å²) in [6.45, 7) is 0.554. The van der Waals surface area contributed by atoms with Gasteiger partial charge in [0.15, 0.2) is 0 Å². The van der Waals surface area contributed by atoms with Gasteiger partial charge in [-0.2, -0.15) is 0 Å². The Hall–Kier alpha value is -1.29. The molecule has 0 fully saturated rings. The van der Waals surface area contributed by atoms with Crippen LogP contribution in [-0.2, 0) is 13.0 Å². The lowest BCUT2D eigenvalue weighted by molar-refractivity contribution is 0.297. The first kappa shape index (κ1) is 15.1. The van der Waals surface area contributed by atoms with Gasteiger partial charge in [0, 0.05) is 10.6 Å². The van der Waals surface area contributed by atoms with E-state index in [9.17, 15) is 4.39 Å². The van der Waals surface area contributed by atoms with Crippen LogP contribution in [0.1, 0.15) is 11.1 Å². The molecule has 20 heavy (non-hydrogen) atoms. The summed E-state index contributed by atoms with van der Waals surface area (Å²) in [5.74, 6) is 0.197. The number of ether oxygens (including phenoxy) is 1. The highest BCUT2D eigenvalue weighted by Gasteiger charge is 2.11. The van der Waals surface area contributed by atoms with Crippen LogP contribution in [0.3, 0.4) is 0 Å². The summed E-state index contributed by atoms with van der Waals surface area (Å²) < 4.78 is 19.2. The molecule has 0 heterocycles. The minimum Gasteiger partial charge on any atom is -0.487 e. The molecule has 0 saturated heterocycles. The summed E-state index contributed by atoms with van der Waals surface area (Å²) in [5, 5.41) is 0.925. The van der Waals surface area contributed by atoms with Gasteiger partial charge < -0.3 is 10.5 Å². The first-order valence-corrected chi connectivity index (χ1v) is 6.91. The molecule has 2 aromatic carbocycles. The smallest absolute Gasteiger partial charge is 0.141 e. The topological polar surface area (TPSA) is 35.2 Å². The second kappa shape index (κ2) is 6.93. The van der Waals surface area contributed by atoms with Crippen molar-refractivity contribution in [3.8, 4) is 5.75 Å². The van der Waals surface area contributed by atoms with Crippen molar-refractivity contribution in [1.82, 2.24) is 0 Å². The van der Waals surface area contributed by atoms with Crippen LogP contribution in [0.25, 0.3) is 0 Å². The standard InChI is InChI=1S/C15H14Cl2FNO/c16-12-7-10(5-6-19)15(13(17)8-12)20-9-11-3-1-2-4-14(11)18/h1-4,7-8H,5-6,9,19H2. The monoisotopic (exact) mass is 313 g/mol. The average molecular weight is 314 g/mol. The van der Waals surface area contributed by atoms with E-state index in [1.54, 1.807) is 30.3 Å². The zero-order valence-electron chi connectivity index (χ0n) is 10.7. The van der Waals surface area contributed by atoms with Crippen LogP contribution in [0, 0.1) is 5.82 Å². The molecular weight excluding hydrogens is 300 g/mol. The second-order valence-corrected chi connectivity index (χ2v) is 5.14. The van der Waals surface area contributed by atoms with Gasteiger partial charge in [-0.25, -0.2) is 4.39 Å². The molecule has 2 rings (SSSR count). The van der Waals surface area contributed by atoms with Crippen LogP contribution in [0.4, 0.5) is 4.39 Å². The predicted octanol–water partition coefficient (Wildman–Crippen LogP) is 4.21. The van der Waals surface area contributed by atoms with Crippen molar-refractivity contribution in [2.45, 2.75) is 13.0 Å². The van der Waals surface area contributed by atoms with Crippen LogP contribution in [0.15, 0.2) is 36.4 Å². The normalized spacial score (nSPS) is 10.6. The molecule has 0 radical (unpaired) electrons. The van der Waals surface area contributed by atoms with Gasteiger partial charge in [0.05, 0.1) is 5.02 Å². The highest BCUT2D eigenvalue weighted by Crippen LogP contribution is 2.33. The molecule has 2 N–H and O–H groups in total. The third-order valence-electron chi connectivity index (χ3n) is 2.83. The van der Waals surface area contributed by atoms with Crippen LogP contribution >= 0.6 is 23.2 Å². The molecule has 0 aromatic heterocycles. The molecule has 0 atom stereocenters. The Morgan fingerprint density at radius 3 is 2.55 bits per heavy atom. The number of benzene rings is 2.